The van der Waals surface area contributed by atoms with Gasteiger partial charge in [-0.25, -0.2) is 9.78 Å². The molecule has 0 aliphatic carbocycles. The number of rotatable bonds is 4. The van der Waals surface area contributed by atoms with E-state index in [1.54, 1.807) is 4.90 Å². The number of carbonyl (C=O) groups excluding carboxylic acids is 1. The lowest BCUT2D eigenvalue weighted by Gasteiger charge is -2.39. The van der Waals surface area contributed by atoms with Crippen LogP contribution in [-0.4, -0.2) is 46.0 Å². The van der Waals surface area contributed by atoms with E-state index in [9.17, 15) is 18.0 Å². The first-order chi connectivity index (χ1) is 15.7. The monoisotopic (exact) mass is 475 g/mol. The van der Waals surface area contributed by atoms with Gasteiger partial charge in [-0.15, -0.1) is 0 Å². The molecule has 2 aromatic carbocycles. The fraction of sp³-hybridized carbons (Fsp3) is 0.348. The van der Waals surface area contributed by atoms with Crippen molar-refractivity contribution in [1.82, 2.24) is 14.3 Å². The van der Waals surface area contributed by atoms with Gasteiger partial charge in [0.25, 0.3) is 0 Å². The Morgan fingerprint density at radius 2 is 1.82 bits per heavy atom. The van der Waals surface area contributed by atoms with Crippen LogP contribution in [0.1, 0.15) is 29.4 Å². The molecule has 1 atom stereocenters. The largest absolute Gasteiger partial charge is 0.416 e. The van der Waals surface area contributed by atoms with Gasteiger partial charge >= 0.3 is 12.2 Å². The van der Waals surface area contributed by atoms with Crippen LogP contribution >= 0.6 is 11.5 Å². The summed E-state index contributed by atoms with van der Waals surface area (Å²) in [7, 11) is 0. The standard InChI is InChI=1S/C23H24F3N5OS/c1-15-3-5-17(6-4-15)13-20-28-22(33-29-20)30-11-12-31(16(2)14-30)21(32)27-19-9-7-18(8-10-19)23(24,25)26/h3-10,16H,11-14H2,1-2H3,(H,27,32). The van der Waals surface area contributed by atoms with Crippen molar-refractivity contribution in [2.24, 2.45) is 0 Å². The van der Waals surface area contributed by atoms with Gasteiger partial charge in [-0.05, 0) is 43.7 Å². The number of nitrogens with one attached hydrogen (secondary N) is 1. The van der Waals surface area contributed by atoms with Crippen molar-refractivity contribution in [2.45, 2.75) is 32.5 Å². The van der Waals surface area contributed by atoms with Crippen LogP contribution in [0.15, 0.2) is 48.5 Å². The summed E-state index contributed by atoms with van der Waals surface area (Å²) in [5.41, 5.74) is 1.94. The van der Waals surface area contributed by atoms with Crippen molar-refractivity contribution in [1.29, 1.82) is 0 Å². The third-order valence-corrected chi connectivity index (χ3v) is 6.38. The number of carbonyl (C=O) groups is 1. The fourth-order valence-corrected chi connectivity index (χ4v) is 4.42. The van der Waals surface area contributed by atoms with Crippen LogP contribution in [0.3, 0.4) is 0 Å². The molecule has 1 unspecified atom stereocenters. The van der Waals surface area contributed by atoms with Crippen molar-refractivity contribution in [3.8, 4) is 0 Å². The number of piperazine rings is 1. The number of hydrogen-bond acceptors (Lipinski definition) is 5. The predicted octanol–water partition coefficient (Wildman–Crippen LogP) is 5.20. The van der Waals surface area contributed by atoms with E-state index in [0.717, 1.165) is 28.7 Å². The zero-order valence-corrected chi connectivity index (χ0v) is 19.1. The summed E-state index contributed by atoms with van der Waals surface area (Å²) in [6, 6.07) is 12.3. The molecule has 6 nitrogen and oxygen atoms in total. The van der Waals surface area contributed by atoms with Crippen LogP contribution in [0.25, 0.3) is 0 Å². The van der Waals surface area contributed by atoms with Crippen molar-refractivity contribution >= 4 is 28.4 Å². The minimum Gasteiger partial charge on any atom is -0.343 e. The molecule has 4 rings (SSSR count). The molecule has 33 heavy (non-hydrogen) atoms. The summed E-state index contributed by atoms with van der Waals surface area (Å²) in [5, 5.41) is 3.51. The van der Waals surface area contributed by atoms with E-state index >= 15 is 0 Å². The Labute approximate surface area is 194 Å². The number of halogens is 3. The highest BCUT2D eigenvalue weighted by molar-refractivity contribution is 7.09. The molecule has 1 aliphatic rings. The van der Waals surface area contributed by atoms with Crippen molar-refractivity contribution in [3.63, 3.8) is 0 Å². The first kappa shape index (κ1) is 23.0. The van der Waals surface area contributed by atoms with Crippen LogP contribution in [0, 0.1) is 6.92 Å². The average Bonchev–Trinajstić information content (AvgIpc) is 3.23. The number of aromatic nitrogens is 2. The molecular weight excluding hydrogens is 451 g/mol. The van der Waals surface area contributed by atoms with Crippen LogP contribution in [0.4, 0.5) is 28.8 Å². The number of urea groups is 1. The minimum atomic E-state index is -4.40. The zero-order valence-electron chi connectivity index (χ0n) is 18.3. The summed E-state index contributed by atoms with van der Waals surface area (Å²) >= 11 is 1.35. The topological polar surface area (TPSA) is 61.4 Å². The highest BCUT2D eigenvalue weighted by Gasteiger charge is 2.31. The summed E-state index contributed by atoms with van der Waals surface area (Å²) in [5.74, 6) is 0.772. The number of hydrogen-bond donors (Lipinski definition) is 1. The third kappa shape index (κ3) is 5.62. The highest BCUT2D eigenvalue weighted by Crippen LogP contribution is 2.30. The molecule has 1 N–H and O–H groups in total. The van der Waals surface area contributed by atoms with Gasteiger partial charge < -0.3 is 15.1 Å². The van der Waals surface area contributed by atoms with E-state index in [1.807, 2.05) is 13.8 Å². The SMILES string of the molecule is Cc1ccc(Cc2nsc(N3CCN(C(=O)Nc4ccc(C(F)(F)F)cc4)C(C)C3)n2)cc1. The lowest BCUT2D eigenvalue weighted by Crippen LogP contribution is -2.55. The van der Waals surface area contributed by atoms with Crippen molar-refractivity contribution in [2.75, 3.05) is 29.9 Å². The predicted molar refractivity (Wildman–Crippen MR) is 123 cm³/mol. The Morgan fingerprint density at radius 1 is 1.12 bits per heavy atom. The van der Waals surface area contributed by atoms with E-state index in [4.69, 9.17) is 0 Å². The molecule has 1 aromatic heterocycles. The van der Waals surface area contributed by atoms with Gasteiger partial charge in [0.05, 0.1) is 5.56 Å². The first-order valence-corrected chi connectivity index (χ1v) is 11.3. The Balaban J connectivity index is 1.33. The summed E-state index contributed by atoms with van der Waals surface area (Å²) in [6.07, 6.45) is -3.74. The number of nitrogens with zero attached hydrogens (tertiary/aromatic N) is 4. The summed E-state index contributed by atoms with van der Waals surface area (Å²) in [6.45, 7) is 5.66. The quantitative estimate of drug-likeness (QED) is 0.564. The second-order valence-electron chi connectivity index (χ2n) is 8.15. The molecule has 2 amide bonds. The number of amides is 2. The highest BCUT2D eigenvalue weighted by atomic mass is 32.1. The molecule has 1 fully saturated rings. The smallest absolute Gasteiger partial charge is 0.343 e. The number of aryl methyl sites for hydroxylation is 1. The molecule has 10 heteroatoms. The van der Waals surface area contributed by atoms with Crippen LogP contribution < -0.4 is 10.2 Å². The van der Waals surface area contributed by atoms with Gasteiger partial charge in [0.1, 0.15) is 5.82 Å². The second-order valence-corrected chi connectivity index (χ2v) is 8.88. The summed E-state index contributed by atoms with van der Waals surface area (Å²) in [4.78, 5) is 21.2. The average molecular weight is 476 g/mol. The molecule has 0 spiro atoms. The lowest BCUT2D eigenvalue weighted by molar-refractivity contribution is -0.137. The molecule has 2 heterocycles. The molecule has 174 valence electrons. The van der Waals surface area contributed by atoms with E-state index in [1.165, 1.54) is 29.2 Å². The normalized spacial score (nSPS) is 16.7. The van der Waals surface area contributed by atoms with E-state index in [-0.39, 0.29) is 12.1 Å². The first-order valence-electron chi connectivity index (χ1n) is 10.6. The Bertz CT molecular complexity index is 1100. The second kappa shape index (κ2) is 9.38. The fourth-order valence-electron chi connectivity index (χ4n) is 3.70. The van der Waals surface area contributed by atoms with Crippen molar-refractivity contribution < 1.29 is 18.0 Å². The van der Waals surface area contributed by atoms with E-state index in [0.29, 0.717) is 31.7 Å². The van der Waals surface area contributed by atoms with E-state index < -0.39 is 11.7 Å². The van der Waals surface area contributed by atoms with E-state index in [2.05, 4.69) is 43.8 Å². The van der Waals surface area contributed by atoms with Gasteiger partial charge in [-0.3, -0.25) is 0 Å². The van der Waals surface area contributed by atoms with Crippen LogP contribution in [0.2, 0.25) is 0 Å². The molecule has 1 saturated heterocycles. The Kier molecular flexibility index (Phi) is 6.55. The number of benzene rings is 2. The molecular formula is C23H24F3N5OS. The Morgan fingerprint density at radius 3 is 2.45 bits per heavy atom. The zero-order chi connectivity index (χ0) is 23.6. The Hall–Kier alpha value is -3.14. The molecule has 0 saturated carbocycles. The molecule has 3 aromatic rings. The third-order valence-electron chi connectivity index (χ3n) is 5.56. The van der Waals surface area contributed by atoms with Gasteiger partial charge in [0.15, 0.2) is 0 Å². The molecule has 0 radical (unpaired) electrons. The maximum atomic E-state index is 12.7. The summed E-state index contributed by atoms with van der Waals surface area (Å²) < 4.78 is 42.6. The minimum absolute atomic E-state index is 0.0994. The van der Waals surface area contributed by atoms with Gasteiger partial charge in [0, 0.05) is 49.3 Å². The molecule has 1 aliphatic heterocycles. The van der Waals surface area contributed by atoms with Gasteiger partial charge in [-0.2, -0.15) is 17.5 Å². The maximum Gasteiger partial charge on any atom is 0.416 e. The van der Waals surface area contributed by atoms with Crippen LogP contribution in [-0.2, 0) is 12.6 Å². The number of alkyl halides is 3. The van der Waals surface area contributed by atoms with Gasteiger partial charge in [0.2, 0.25) is 5.13 Å². The van der Waals surface area contributed by atoms with Crippen LogP contribution in [0.5, 0.6) is 0 Å². The lowest BCUT2D eigenvalue weighted by atomic mass is 10.1. The molecule has 0 bridgehead atoms. The maximum absolute atomic E-state index is 12.7. The number of anilines is 2. The van der Waals surface area contributed by atoms with Crippen molar-refractivity contribution in [3.05, 3.63) is 71.0 Å². The van der Waals surface area contributed by atoms with Gasteiger partial charge in [-0.1, -0.05) is 29.8 Å².